The lowest BCUT2D eigenvalue weighted by atomic mass is 10.1. The molecule has 80 valence electrons. The van der Waals surface area contributed by atoms with Crippen LogP contribution < -0.4 is 0 Å². The van der Waals surface area contributed by atoms with Crippen molar-refractivity contribution in [3.8, 4) is 0 Å². The summed E-state index contributed by atoms with van der Waals surface area (Å²) in [6.07, 6.45) is 4.66. The molecule has 13 heavy (non-hydrogen) atoms. The van der Waals surface area contributed by atoms with Gasteiger partial charge >= 0.3 is 0 Å². The minimum Gasteiger partial charge on any atom is -0.212 e. The van der Waals surface area contributed by atoms with E-state index in [1.165, 1.54) is 0 Å². The summed E-state index contributed by atoms with van der Waals surface area (Å²) in [5.74, 6) is 0.684. The molecule has 0 heterocycles. The second-order valence-corrected chi connectivity index (χ2v) is 6.60. The lowest BCUT2D eigenvalue weighted by molar-refractivity contribution is 0.575. The highest BCUT2D eigenvalue weighted by Gasteiger charge is 2.16. The first kappa shape index (κ1) is 13.5. The van der Waals surface area contributed by atoms with E-state index in [0.717, 1.165) is 25.7 Å². The lowest BCUT2D eigenvalue weighted by Gasteiger charge is -2.06. The third-order valence-electron chi connectivity index (χ3n) is 1.97. The van der Waals surface area contributed by atoms with Gasteiger partial charge in [0.05, 0.1) is 5.25 Å². The van der Waals surface area contributed by atoms with E-state index in [1.807, 2.05) is 0 Å². The van der Waals surface area contributed by atoms with Gasteiger partial charge in [-0.3, -0.25) is 0 Å². The van der Waals surface area contributed by atoms with E-state index in [9.17, 15) is 8.42 Å². The van der Waals surface area contributed by atoms with Crippen molar-refractivity contribution in [3.05, 3.63) is 0 Å². The summed E-state index contributed by atoms with van der Waals surface area (Å²) in [7, 11) is 1.83. The van der Waals surface area contributed by atoms with Gasteiger partial charge in [-0.05, 0) is 19.8 Å². The largest absolute Gasteiger partial charge is 0.235 e. The van der Waals surface area contributed by atoms with Gasteiger partial charge < -0.3 is 0 Å². The smallest absolute Gasteiger partial charge is 0.212 e. The number of unbranched alkanes of at least 4 members (excludes halogenated alkanes) is 3. The van der Waals surface area contributed by atoms with Crippen LogP contribution in [0.1, 0.15) is 39.0 Å². The molecule has 0 aliphatic carbocycles. The summed E-state index contributed by atoms with van der Waals surface area (Å²) in [6.45, 7) is 1.64. The number of hydrogen-bond acceptors (Lipinski definition) is 2. The Morgan fingerprint density at radius 1 is 1.15 bits per heavy atom. The summed E-state index contributed by atoms with van der Waals surface area (Å²) in [5.41, 5.74) is 0. The minimum absolute atomic E-state index is 0.426. The Morgan fingerprint density at radius 2 is 1.69 bits per heavy atom. The Kier molecular flexibility index (Phi) is 7.19. The van der Waals surface area contributed by atoms with Gasteiger partial charge in [0.15, 0.2) is 0 Å². The molecule has 1 atom stereocenters. The van der Waals surface area contributed by atoms with Gasteiger partial charge in [0, 0.05) is 16.6 Å². The van der Waals surface area contributed by atoms with Crippen molar-refractivity contribution in [1.82, 2.24) is 0 Å². The van der Waals surface area contributed by atoms with Crippen LogP contribution in [0.2, 0.25) is 0 Å². The Hall–Kier alpha value is 0.530. The lowest BCUT2D eigenvalue weighted by Crippen LogP contribution is -2.10. The Labute approximate surface area is 90.0 Å². The Morgan fingerprint density at radius 3 is 2.15 bits per heavy atom. The maximum atomic E-state index is 10.8. The molecule has 0 aliphatic heterocycles. The van der Waals surface area contributed by atoms with Crippen molar-refractivity contribution in [1.29, 1.82) is 0 Å². The quantitative estimate of drug-likeness (QED) is 0.393. The zero-order valence-corrected chi connectivity index (χ0v) is 10.1. The molecule has 0 saturated heterocycles. The molecule has 0 rings (SSSR count). The van der Waals surface area contributed by atoms with Crippen LogP contribution in [0.15, 0.2) is 0 Å². The van der Waals surface area contributed by atoms with Crippen molar-refractivity contribution >= 4 is 31.3 Å². The van der Waals surface area contributed by atoms with E-state index in [-0.39, 0.29) is 0 Å². The number of halogens is 2. The van der Waals surface area contributed by atoms with Crippen LogP contribution in [0.5, 0.6) is 0 Å². The molecule has 0 bridgehead atoms. The fourth-order valence-electron chi connectivity index (χ4n) is 1.02. The number of rotatable bonds is 7. The average Bonchev–Trinajstić information content (AvgIpc) is 2.02. The summed E-state index contributed by atoms with van der Waals surface area (Å²) in [6, 6.07) is 0. The molecule has 0 aliphatic rings. The minimum atomic E-state index is -3.35. The molecule has 0 aromatic rings. The maximum absolute atomic E-state index is 10.8. The van der Waals surface area contributed by atoms with Crippen molar-refractivity contribution in [2.75, 3.05) is 5.88 Å². The highest BCUT2D eigenvalue weighted by atomic mass is 35.7. The average molecular weight is 247 g/mol. The third-order valence-corrected chi connectivity index (χ3v) is 4.35. The molecule has 0 aromatic heterocycles. The SMILES string of the molecule is CC(CCCCCCCl)S(=O)(=O)Cl. The molecule has 2 nitrogen and oxygen atoms in total. The summed E-state index contributed by atoms with van der Waals surface area (Å²) < 4.78 is 21.6. The van der Waals surface area contributed by atoms with E-state index < -0.39 is 14.3 Å². The first-order valence-electron chi connectivity index (χ1n) is 4.48. The zero-order valence-electron chi connectivity index (χ0n) is 7.80. The standard InChI is InChI=1S/C8H16Cl2O2S/c1-8(13(10,11)12)6-4-2-3-5-7-9/h8H,2-7H2,1H3. The number of hydrogen-bond donors (Lipinski definition) is 0. The highest BCUT2D eigenvalue weighted by molar-refractivity contribution is 8.14. The summed E-state index contributed by atoms with van der Waals surface area (Å²) in [5, 5.41) is -0.426. The van der Waals surface area contributed by atoms with E-state index in [0.29, 0.717) is 12.3 Å². The van der Waals surface area contributed by atoms with Crippen LogP contribution in [0.3, 0.4) is 0 Å². The normalized spacial score (nSPS) is 14.4. The van der Waals surface area contributed by atoms with E-state index >= 15 is 0 Å². The number of alkyl halides is 1. The van der Waals surface area contributed by atoms with Gasteiger partial charge in [0.2, 0.25) is 9.05 Å². The first-order valence-corrected chi connectivity index (χ1v) is 7.38. The molecule has 0 saturated carbocycles. The van der Waals surface area contributed by atoms with Crippen LogP contribution in [-0.2, 0) is 9.05 Å². The highest BCUT2D eigenvalue weighted by Crippen LogP contribution is 2.14. The van der Waals surface area contributed by atoms with Gasteiger partial charge in [-0.1, -0.05) is 19.3 Å². The summed E-state index contributed by atoms with van der Waals surface area (Å²) >= 11 is 5.50. The topological polar surface area (TPSA) is 34.1 Å². The molecule has 1 unspecified atom stereocenters. The molecule has 0 spiro atoms. The van der Waals surface area contributed by atoms with Gasteiger partial charge in [-0.2, -0.15) is 0 Å². The molecule has 0 radical (unpaired) electrons. The molecule has 0 fully saturated rings. The van der Waals surface area contributed by atoms with Crippen LogP contribution in [0.25, 0.3) is 0 Å². The summed E-state index contributed by atoms with van der Waals surface area (Å²) in [4.78, 5) is 0. The van der Waals surface area contributed by atoms with Gasteiger partial charge in [-0.25, -0.2) is 8.42 Å². The predicted octanol–water partition coefficient (Wildman–Crippen LogP) is 3.13. The van der Waals surface area contributed by atoms with E-state index in [4.69, 9.17) is 22.3 Å². The molecule has 5 heteroatoms. The Balaban J connectivity index is 3.44. The first-order chi connectivity index (χ1) is 5.98. The Bertz CT molecular complexity index is 214. The fraction of sp³-hybridized carbons (Fsp3) is 1.00. The van der Waals surface area contributed by atoms with E-state index in [2.05, 4.69) is 0 Å². The van der Waals surface area contributed by atoms with Crippen molar-refractivity contribution in [3.63, 3.8) is 0 Å². The van der Waals surface area contributed by atoms with Crippen molar-refractivity contribution in [2.45, 2.75) is 44.3 Å². The van der Waals surface area contributed by atoms with Crippen LogP contribution in [0, 0.1) is 0 Å². The van der Waals surface area contributed by atoms with Crippen molar-refractivity contribution < 1.29 is 8.42 Å². The van der Waals surface area contributed by atoms with Crippen molar-refractivity contribution in [2.24, 2.45) is 0 Å². The zero-order chi connectivity index (χ0) is 10.3. The van der Waals surface area contributed by atoms with Gasteiger partial charge in [-0.15, -0.1) is 11.6 Å². The van der Waals surface area contributed by atoms with Crippen LogP contribution in [0.4, 0.5) is 0 Å². The van der Waals surface area contributed by atoms with E-state index in [1.54, 1.807) is 6.92 Å². The molecule has 0 aromatic carbocycles. The molecular weight excluding hydrogens is 231 g/mol. The predicted molar refractivity (Wildman–Crippen MR) is 58.0 cm³/mol. The maximum Gasteiger partial charge on any atom is 0.235 e. The monoisotopic (exact) mass is 246 g/mol. The fourth-order valence-corrected chi connectivity index (χ4v) is 1.93. The van der Waals surface area contributed by atoms with Gasteiger partial charge in [0.1, 0.15) is 0 Å². The van der Waals surface area contributed by atoms with Gasteiger partial charge in [0.25, 0.3) is 0 Å². The third kappa shape index (κ3) is 7.59. The second-order valence-electron chi connectivity index (χ2n) is 3.18. The molecule has 0 N–H and O–H groups in total. The van der Waals surface area contributed by atoms with Crippen LogP contribution >= 0.6 is 22.3 Å². The second kappa shape index (κ2) is 6.91. The van der Waals surface area contributed by atoms with Crippen LogP contribution in [-0.4, -0.2) is 19.5 Å². The molecular formula is C8H16Cl2O2S. The molecule has 0 amide bonds.